The van der Waals surface area contributed by atoms with Crippen LogP contribution in [0.1, 0.15) is 15.9 Å². The Morgan fingerprint density at radius 3 is 2.54 bits per heavy atom. The summed E-state index contributed by atoms with van der Waals surface area (Å²) in [5.41, 5.74) is 5.83. The average molecular weight is 465 g/mol. The fraction of sp³-hybridized carbons (Fsp3) is 0.0385. The van der Waals surface area contributed by atoms with Crippen molar-refractivity contribution in [1.82, 2.24) is 20.6 Å². The zero-order valence-electron chi connectivity index (χ0n) is 18.5. The highest BCUT2D eigenvalue weighted by Gasteiger charge is 2.12. The Hall–Kier alpha value is -5.05. The molecule has 0 spiro atoms. The molecular weight excluding hydrogens is 446 g/mol. The predicted molar refractivity (Wildman–Crippen MR) is 130 cm³/mol. The number of rotatable bonds is 6. The van der Waals surface area contributed by atoms with Crippen LogP contribution < -0.4 is 10.2 Å². The molecule has 0 aliphatic heterocycles. The molecule has 0 bridgehead atoms. The summed E-state index contributed by atoms with van der Waals surface area (Å²) < 4.78 is 10.8. The van der Waals surface area contributed by atoms with Crippen LogP contribution in [0, 0.1) is 0 Å². The Labute approximate surface area is 199 Å². The van der Waals surface area contributed by atoms with Gasteiger partial charge in [-0.15, -0.1) is 10.2 Å². The monoisotopic (exact) mass is 465 g/mol. The van der Waals surface area contributed by atoms with Crippen LogP contribution in [0.5, 0.6) is 11.5 Å². The molecule has 0 fully saturated rings. The number of phenolic OH excluding ortho intramolecular Hbond substituents is 1. The van der Waals surface area contributed by atoms with Crippen LogP contribution >= 0.6 is 0 Å². The highest BCUT2D eigenvalue weighted by molar-refractivity contribution is 5.95. The summed E-state index contributed by atoms with van der Waals surface area (Å²) in [6.45, 7) is 0. The zero-order chi connectivity index (χ0) is 24.2. The summed E-state index contributed by atoms with van der Waals surface area (Å²) in [6.07, 6.45) is 3.17. The third-order valence-electron chi connectivity index (χ3n) is 5.25. The van der Waals surface area contributed by atoms with E-state index >= 15 is 0 Å². The third-order valence-corrected chi connectivity index (χ3v) is 5.25. The van der Waals surface area contributed by atoms with Gasteiger partial charge in [0.05, 0.1) is 18.8 Å². The Bertz CT molecular complexity index is 1540. The molecule has 5 rings (SSSR count). The first-order valence-corrected chi connectivity index (χ1v) is 10.6. The molecule has 0 saturated carbocycles. The van der Waals surface area contributed by atoms with Crippen LogP contribution in [0.4, 0.5) is 0 Å². The Kier molecular flexibility index (Phi) is 5.87. The smallest absolute Gasteiger partial charge is 0.271 e. The second-order valence-electron chi connectivity index (χ2n) is 7.53. The van der Waals surface area contributed by atoms with Gasteiger partial charge in [-0.2, -0.15) is 5.10 Å². The van der Waals surface area contributed by atoms with Crippen LogP contribution in [0.15, 0.2) is 88.5 Å². The van der Waals surface area contributed by atoms with Gasteiger partial charge in [0.25, 0.3) is 5.91 Å². The molecule has 0 aliphatic carbocycles. The molecular formula is C26H19N5O4. The maximum Gasteiger partial charge on any atom is 0.271 e. The zero-order valence-corrected chi connectivity index (χ0v) is 18.5. The van der Waals surface area contributed by atoms with E-state index < -0.39 is 0 Å². The lowest BCUT2D eigenvalue weighted by Crippen LogP contribution is -2.17. The van der Waals surface area contributed by atoms with Crippen molar-refractivity contribution in [1.29, 1.82) is 0 Å². The normalized spacial score (nSPS) is 11.1. The van der Waals surface area contributed by atoms with Crippen molar-refractivity contribution in [2.45, 2.75) is 0 Å². The molecule has 0 saturated heterocycles. The Balaban J connectivity index is 1.26. The number of hydrogen-bond acceptors (Lipinski definition) is 8. The maximum absolute atomic E-state index is 12.4. The van der Waals surface area contributed by atoms with Gasteiger partial charge in [0, 0.05) is 28.3 Å². The second-order valence-corrected chi connectivity index (χ2v) is 7.53. The number of nitrogens with one attached hydrogen (secondary N) is 1. The quantitative estimate of drug-likeness (QED) is 0.281. The van der Waals surface area contributed by atoms with Gasteiger partial charge in [0.1, 0.15) is 0 Å². The molecule has 0 atom stereocenters. The topological polar surface area (TPSA) is 123 Å². The van der Waals surface area contributed by atoms with Gasteiger partial charge in [-0.25, -0.2) is 5.43 Å². The number of methoxy groups -OCH3 is 1. The van der Waals surface area contributed by atoms with E-state index in [9.17, 15) is 9.90 Å². The lowest BCUT2D eigenvalue weighted by molar-refractivity contribution is 0.0955. The van der Waals surface area contributed by atoms with Crippen molar-refractivity contribution in [3.05, 3.63) is 90.1 Å². The van der Waals surface area contributed by atoms with Crippen LogP contribution in [-0.4, -0.2) is 39.5 Å². The summed E-state index contributed by atoms with van der Waals surface area (Å²) in [4.78, 5) is 16.7. The number of benzene rings is 3. The van der Waals surface area contributed by atoms with Crippen molar-refractivity contribution in [2.24, 2.45) is 5.10 Å². The maximum atomic E-state index is 12.4. The highest BCUT2D eigenvalue weighted by atomic mass is 16.5. The molecule has 35 heavy (non-hydrogen) atoms. The molecule has 0 unspecified atom stereocenters. The molecule has 9 nitrogen and oxygen atoms in total. The molecule has 5 aromatic rings. The summed E-state index contributed by atoms with van der Waals surface area (Å²) in [5.74, 6) is 0.693. The number of carbonyl (C=O) groups is 1. The number of pyridine rings is 1. The largest absolute Gasteiger partial charge is 0.504 e. The number of hydrazone groups is 1. The van der Waals surface area contributed by atoms with Crippen molar-refractivity contribution in [3.63, 3.8) is 0 Å². The van der Waals surface area contributed by atoms with Gasteiger partial charge < -0.3 is 14.3 Å². The molecule has 9 heteroatoms. The molecule has 2 N–H and O–H groups in total. The summed E-state index contributed by atoms with van der Waals surface area (Å²) in [6, 6.07) is 21.1. The number of fused-ring (bicyclic) bond motifs is 1. The van der Waals surface area contributed by atoms with Crippen molar-refractivity contribution in [2.75, 3.05) is 7.11 Å². The minimum Gasteiger partial charge on any atom is -0.504 e. The van der Waals surface area contributed by atoms with Crippen molar-refractivity contribution < 1.29 is 19.1 Å². The van der Waals surface area contributed by atoms with E-state index in [-0.39, 0.29) is 11.7 Å². The van der Waals surface area contributed by atoms with Gasteiger partial charge in [-0.3, -0.25) is 9.78 Å². The fourth-order valence-corrected chi connectivity index (χ4v) is 3.45. The fourth-order valence-electron chi connectivity index (χ4n) is 3.45. The standard InChI is InChI=1S/C26H19N5O4/c1-34-23-11-4-16(13-22(23)32)15-28-29-24(33)17-5-7-18(8-6-17)25-30-31-26(35-25)20-9-10-21-19(14-20)3-2-12-27-21/h2-15,32H,1H3,(H,29,33)/b28-15+. The SMILES string of the molecule is COc1ccc(/C=N/NC(=O)c2ccc(-c3nnc(-c4ccc5ncccc5c4)o3)cc2)cc1O. The van der Waals surface area contributed by atoms with Gasteiger partial charge in [-0.05, 0) is 72.3 Å². The van der Waals surface area contributed by atoms with Crippen LogP contribution in [0.25, 0.3) is 33.8 Å². The molecule has 172 valence electrons. The molecule has 2 heterocycles. The minimum atomic E-state index is -0.387. The van der Waals surface area contributed by atoms with Crippen LogP contribution in [-0.2, 0) is 0 Å². The third kappa shape index (κ3) is 4.69. The lowest BCUT2D eigenvalue weighted by atomic mass is 10.1. The van der Waals surface area contributed by atoms with Gasteiger partial charge >= 0.3 is 0 Å². The van der Waals surface area contributed by atoms with E-state index in [0.717, 1.165) is 16.5 Å². The number of phenols is 1. The number of ether oxygens (including phenoxy) is 1. The first kappa shape index (κ1) is 21.8. The molecule has 0 radical (unpaired) electrons. The van der Waals surface area contributed by atoms with Crippen LogP contribution in [0.2, 0.25) is 0 Å². The first-order chi connectivity index (χ1) is 17.1. The minimum absolute atomic E-state index is 0.0137. The van der Waals surface area contributed by atoms with Crippen molar-refractivity contribution >= 4 is 23.0 Å². The number of aromatic hydroxyl groups is 1. The average Bonchev–Trinajstić information content (AvgIpc) is 3.39. The Morgan fingerprint density at radius 1 is 1.00 bits per heavy atom. The van der Waals surface area contributed by atoms with E-state index in [4.69, 9.17) is 9.15 Å². The molecule has 1 amide bonds. The predicted octanol–water partition coefficient (Wildman–Crippen LogP) is 4.43. The molecule has 2 aromatic heterocycles. The number of nitrogens with zero attached hydrogens (tertiary/aromatic N) is 4. The van der Waals surface area contributed by atoms with E-state index in [1.165, 1.54) is 19.4 Å². The molecule has 3 aromatic carbocycles. The van der Waals surface area contributed by atoms with E-state index in [1.54, 1.807) is 42.6 Å². The summed E-state index contributed by atoms with van der Waals surface area (Å²) >= 11 is 0. The second kappa shape index (κ2) is 9.44. The van der Waals surface area contributed by atoms with Crippen LogP contribution in [0.3, 0.4) is 0 Å². The van der Waals surface area contributed by atoms with Gasteiger partial charge in [-0.1, -0.05) is 6.07 Å². The number of aromatic nitrogens is 3. The summed E-state index contributed by atoms with van der Waals surface area (Å²) in [5, 5.41) is 23.0. The van der Waals surface area contributed by atoms with Gasteiger partial charge in [0.2, 0.25) is 11.8 Å². The van der Waals surface area contributed by atoms with Gasteiger partial charge in [0.15, 0.2) is 11.5 Å². The number of carbonyl (C=O) groups excluding carboxylic acids is 1. The van der Waals surface area contributed by atoms with E-state index in [2.05, 4.69) is 25.7 Å². The Morgan fingerprint density at radius 2 is 1.77 bits per heavy atom. The number of hydrogen-bond donors (Lipinski definition) is 2. The van der Waals surface area contributed by atoms with Crippen molar-refractivity contribution in [3.8, 4) is 34.4 Å². The number of amides is 1. The van der Waals surface area contributed by atoms with E-state index in [1.807, 2.05) is 30.3 Å². The molecule has 0 aliphatic rings. The first-order valence-electron chi connectivity index (χ1n) is 10.6. The highest BCUT2D eigenvalue weighted by Crippen LogP contribution is 2.27. The summed E-state index contributed by atoms with van der Waals surface area (Å²) in [7, 11) is 1.47. The van der Waals surface area contributed by atoms with E-state index in [0.29, 0.717) is 34.2 Å². The lowest BCUT2D eigenvalue weighted by Gasteiger charge is -2.03.